The number of anilines is 1. The van der Waals surface area contributed by atoms with Gasteiger partial charge in [-0.3, -0.25) is 4.72 Å². The first-order valence-corrected chi connectivity index (χ1v) is 10.4. The lowest BCUT2D eigenvalue weighted by Crippen LogP contribution is -2.19. The van der Waals surface area contributed by atoms with Crippen molar-refractivity contribution in [1.29, 1.82) is 0 Å². The quantitative estimate of drug-likeness (QED) is 0.728. The Morgan fingerprint density at radius 3 is 2.81 bits per heavy atom. The van der Waals surface area contributed by atoms with E-state index in [1.165, 1.54) is 22.7 Å². The van der Waals surface area contributed by atoms with Crippen molar-refractivity contribution in [2.45, 2.75) is 30.5 Å². The number of nitrogens with one attached hydrogen (secondary N) is 2. The molecule has 0 saturated heterocycles. The predicted octanol–water partition coefficient (Wildman–Crippen LogP) is 3.83. The normalized spacial score (nSPS) is 13.3. The summed E-state index contributed by atoms with van der Waals surface area (Å²) in [6.45, 7) is 5.01. The van der Waals surface area contributed by atoms with Gasteiger partial charge in [0.05, 0.1) is 5.69 Å². The summed E-state index contributed by atoms with van der Waals surface area (Å²) in [5, 5.41) is 7.30. The molecule has 0 amide bonds. The van der Waals surface area contributed by atoms with E-state index in [1.54, 1.807) is 11.4 Å². The molecule has 0 aliphatic rings. The minimum atomic E-state index is -3.58. The van der Waals surface area contributed by atoms with Crippen molar-refractivity contribution in [3.63, 3.8) is 0 Å². The maximum absolute atomic E-state index is 12.3. The van der Waals surface area contributed by atoms with Gasteiger partial charge in [0, 0.05) is 15.9 Å². The number of hydrogen-bond donors (Lipinski definition) is 2. The molecule has 116 valence electrons. The number of thiophene rings is 1. The van der Waals surface area contributed by atoms with Crippen molar-refractivity contribution in [2.75, 3.05) is 11.3 Å². The monoisotopic (exact) mass is 409 g/mol. The predicted molar refractivity (Wildman–Crippen MR) is 91.7 cm³/mol. The molecule has 9 heteroatoms. The Labute approximate surface area is 141 Å². The Morgan fingerprint density at radius 1 is 1.43 bits per heavy atom. The highest BCUT2D eigenvalue weighted by atomic mass is 79.9. The van der Waals surface area contributed by atoms with Gasteiger partial charge < -0.3 is 5.32 Å². The summed E-state index contributed by atoms with van der Waals surface area (Å²) in [5.41, 5.74) is 0.844. The first kappa shape index (κ1) is 16.9. The maximum atomic E-state index is 12.3. The summed E-state index contributed by atoms with van der Waals surface area (Å²) in [7, 11) is -3.58. The standard InChI is InChI=1S/C12H16BrN3O2S3/c1-3-5-14-8(2)10-7-20-12(15-10)16-21(17,18)11-9(13)4-6-19-11/h4,6-8,14H,3,5H2,1-2H3,(H,15,16). The van der Waals surface area contributed by atoms with Gasteiger partial charge in [0.2, 0.25) is 0 Å². The molecule has 0 saturated carbocycles. The number of nitrogens with zero attached hydrogens (tertiary/aromatic N) is 1. The lowest BCUT2D eigenvalue weighted by atomic mass is 10.2. The van der Waals surface area contributed by atoms with Crippen LogP contribution >= 0.6 is 38.6 Å². The van der Waals surface area contributed by atoms with E-state index in [4.69, 9.17) is 0 Å². The summed E-state index contributed by atoms with van der Waals surface area (Å²) >= 11 is 5.69. The number of rotatable bonds is 7. The van der Waals surface area contributed by atoms with Gasteiger partial charge in [0.25, 0.3) is 10.0 Å². The van der Waals surface area contributed by atoms with Crippen LogP contribution in [0.5, 0.6) is 0 Å². The molecule has 1 unspecified atom stereocenters. The number of hydrogen-bond acceptors (Lipinski definition) is 6. The second-order valence-electron chi connectivity index (χ2n) is 4.41. The van der Waals surface area contributed by atoms with Crippen molar-refractivity contribution < 1.29 is 8.42 Å². The highest BCUT2D eigenvalue weighted by Gasteiger charge is 2.21. The molecular weight excluding hydrogens is 394 g/mol. The van der Waals surface area contributed by atoms with E-state index in [0.717, 1.165) is 18.7 Å². The molecule has 0 spiro atoms. The summed E-state index contributed by atoms with van der Waals surface area (Å²) in [6, 6.07) is 1.82. The fourth-order valence-corrected chi connectivity index (χ4v) is 6.03. The van der Waals surface area contributed by atoms with E-state index < -0.39 is 10.0 Å². The van der Waals surface area contributed by atoms with Crippen LogP contribution in [0.2, 0.25) is 0 Å². The molecule has 2 rings (SSSR count). The molecular formula is C12H16BrN3O2S3. The molecule has 2 heterocycles. The fourth-order valence-electron chi connectivity index (χ4n) is 1.63. The van der Waals surface area contributed by atoms with Gasteiger partial charge in [-0.15, -0.1) is 22.7 Å². The molecule has 0 aliphatic carbocycles. The molecule has 0 aliphatic heterocycles. The first-order valence-electron chi connectivity index (χ1n) is 6.38. The zero-order chi connectivity index (χ0) is 15.5. The maximum Gasteiger partial charge on any atom is 0.274 e. The molecule has 2 aromatic heterocycles. The van der Waals surface area contributed by atoms with E-state index in [1.807, 2.05) is 12.3 Å². The highest BCUT2D eigenvalue weighted by molar-refractivity contribution is 9.10. The van der Waals surface area contributed by atoms with Gasteiger partial charge in [0.15, 0.2) is 9.34 Å². The minimum absolute atomic E-state index is 0.105. The fraction of sp³-hybridized carbons (Fsp3) is 0.417. The minimum Gasteiger partial charge on any atom is -0.309 e. The molecule has 0 aromatic carbocycles. The molecule has 0 bridgehead atoms. The van der Waals surface area contributed by atoms with Crippen molar-refractivity contribution in [2.24, 2.45) is 0 Å². The van der Waals surface area contributed by atoms with Gasteiger partial charge in [-0.1, -0.05) is 6.92 Å². The van der Waals surface area contributed by atoms with E-state index in [-0.39, 0.29) is 10.3 Å². The lowest BCUT2D eigenvalue weighted by molar-refractivity contribution is 0.561. The van der Waals surface area contributed by atoms with Crippen molar-refractivity contribution in [1.82, 2.24) is 10.3 Å². The van der Waals surface area contributed by atoms with Crippen LogP contribution < -0.4 is 10.0 Å². The first-order chi connectivity index (χ1) is 9.94. The van der Waals surface area contributed by atoms with Crippen LogP contribution in [-0.2, 0) is 10.0 Å². The number of thiazole rings is 1. The summed E-state index contributed by atoms with van der Waals surface area (Å²) in [5.74, 6) is 0. The third-order valence-corrected chi connectivity index (χ3v) is 7.63. The van der Waals surface area contributed by atoms with Crippen LogP contribution in [-0.4, -0.2) is 19.9 Å². The molecule has 21 heavy (non-hydrogen) atoms. The average Bonchev–Trinajstić information content (AvgIpc) is 3.04. The van der Waals surface area contributed by atoms with Crippen LogP contribution in [0.15, 0.2) is 25.5 Å². The molecule has 2 N–H and O–H groups in total. The molecule has 5 nitrogen and oxygen atoms in total. The smallest absolute Gasteiger partial charge is 0.274 e. The molecule has 0 radical (unpaired) electrons. The van der Waals surface area contributed by atoms with Gasteiger partial charge in [-0.05, 0) is 47.3 Å². The van der Waals surface area contributed by atoms with Crippen molar-refractivity contribution in [3.8, 4) is 0 Å². The Hall–Kier alpha value is -0.480. The SMILES string of the molecule is CCCNC(C)c1csc(NS(=O)(=O)c2sccc2Br)n1. The molecule has 2 aromatic rings. The second kappa shape index (κ2) is 7.19. The topological polar surface area (TPSA) is 71.1 Å². The van der Waals surface area contributed by atoms with E-state index in [9.17, 15) is 8.42 Å². The summed E-state index contributed by atoms with van der Waals surface area (Å²) < 4.78 is 27.9. The molecule has 1 atom stereocenters. The summed E-state index contributed by atoms with van der Waals surface area (Å²) in [6.07, 6.45) is 1.04. The Bertz CT molecular complexity index is 696. The number of halogens is 1. The average molecular weight is 410 g/mol. The second-order valence-corrected chi connectivity index (χ2v) is 8.92. The lowest BCUT2D eigenvalue weighted by Gasteiger charge is -2.09. The van der Waals surface area contributed by atoms with Crippen LogP contribution in [0.25, 0.3) is 0 Å². The van der Waals surface area contributed by atoms with Crippen LogP contribution in [0, 0.1) is 0 Å². The third kappa shape index (κ3) is 4.26. The Balaban J connectivity index is 2.11. The van der Waals surface area contributed by atoms with E-state index >= 15 is 0 Å². The van der Waals surface area contributed by atoms with Crippen LogP contribution in [0.1, 0.15) is 32.0 Å². The number of aromatic nitrogens is 1. The summed E-state index contributed by atoms with van der Waals surface area (Å²) in [4.78, 5) is 4.34. The third-order valence-electron chi connectivity index (χ3n) is 2.72. The zero-order valence-corrected chi connectivity index (χ0v) is 15.6. The van der Waals surface area contributed by atoms with E-state index in [0.29, 0.717) is 9.60 Å². The Kier molecular flexibility index (Phi) is 5.78. The van der Waals surface area contributed by atoms with Gasteiger partial charge in [-0.25, -0.2) is 13.4 Å². The van der Waals surface area contributed by atoms with Gasteiger partial charge in [0.1, 0.15) is 0 Å². The Morgan fingerprint density at radius 2 is 2.19 bits per heavy atom. The van der Waals surface area contributed by atoms with Crippen LogP contribution in [0.4, 0.5) is 5.13 Å². The molecule has 0 fully saturated rings. The van der Waals surface area contributed by atoms with Crippen LogP contribution in [0.3, 0.4) is 0 Å². The van der Waals surface area contributed by atoms with Gasteiger partial charge in [-0.2, -0.15) is 0 Å². The highest BCUT2D eigenvalue weighted by Crippen LogP contribution is 2.30. The largest absolute Gasteiger partial charge is 0.309 e. The van der Waals surface area contributed by atoms with Crippen molar-refractivity contribution in [3.05, 3.63) is 27.0 Å². The zero-order valence-electron chi connectivity index (χ0n) is 11.6. The van der Waals surface area contributed by atoms with Gasteiger partial charge >= 0.3 is 0 Å². The van der Waals surface area contributed by atoms with E-state index in [2.05, 4.69) is 37.9 Å². The van der Waals surface area contributed by atoms with Crippen molar-refractivity contribution >= 4 is 53.8 Å². The number of sulfonamides is 1.